The van der Waals surface area contributed by atoms with Gasteiger partial charge < -0.3 is 14.8 Å². The van der Waals surface area contributed by atoms with Gasteiger partial charge in [-0.15, -0.1) is 0 Å². The molecule has 0 saturated carbocycles. The van der Waals surface area contributed by atoms with Gasteiger partial charge in [-0.3, -0.25) is 4.79 Å². The Labute approximate surface area is 162 Å². The second-order valence-electron chi connectivity index (χ2n) is 6.56. The fourth-order valence-corrected chi connectivity index (χ4v) is 2.70. The van der Waals surface area contributed by atoms with Crippen LogP contribution in [0, 0.1) is 0 Å². The third-order valence-corrected chi connectivity index (χ3v) is 4.28. The highest BCUT2D eigenvalue weighted by molar-refractivity contribution is 6.06. The summed E-state index contributed by atoms with van der Waals surface area (Å²) in [5.41, 5.74) is 1.22. The van der Waals surface area contributed by atoms with E-state index in [-0.39, 0.29) is 5.91 Å². The molecule has 2 aromatic rings. The molecule has 0 unspecified atom stereocenters. The molecule has 0 spiro atoms. The van der Waals surface area contributed by atoms with Crippen LogP contribution in [0.15, 0.2) is 48.5 Å². The summed E-state index contributed by atoms with van der Waals surface area (Å²) in [5.74, 6) is 1.12. The largest absolute Gasteiger partial charge is 0.493 e. The first-order valence-corrected chi connectivity index (χ1v) is 10.0. The lowest BCUT2D eigenvalue weighted by Crippen LogP contribution is -2.15. The maximum Gasteiger partial charge on any atom is 0.259 e. The number of carbonyl (C=O) groups is 1. The number of anilines is 1. The van der Waals surface area contributed by atoms with Gasteiger partial charge in [0, 0.05) is 0 Å². The molecule has 1 N–H and O–H groups in total. The predicted molar refractivity (Wildman–Crippen MR) is 111 cm³/mol. The molecule has 0 aliphatic rings. The molecular formula is C23H31NO3. The van der Waals surface area contributed by atoms with Crippen molar-refractivity contribution in [3.63, 3.8) is 0 Å². The fourth-order valence-electron chi connectivity index (χ4n) is 2.70. The van der Waals surface area contributed by atoms with E-state index in [4.69, 9.17) is 9.47 Å². The van der Waals surface area contributed by atoms with Gasteiger partial charge in [0.15, 0.2) is 0 Å². The zero-order valence-corrected chi connectivity index (χ0v) is 16.5. The summed E-state index contributed by atoms with van der Waals surface area (Å²) in [5, 5.41) is 2.96. The zero-order valence-electron chi connectivity index (χ0n) is 16.5. The molecule has 27 heavy (non-hydrogen) atoms. The zero-order chi connectivity index (χ0) is 19.3. The lowest BCUT2D eigenvalue weighted by molar-refractivity contribution is 0.102. The van der Waals surface area contributed by atoms with Gasteiger partial charge in [0.05, 0.1) is 24.5 Å². The van der Waals surface area contributed by atoms with Crippen molar-refractivity contribution >= 4 is 11.6 Å². The van der Waals surface area contributed by atoms with Gasteiger partial charge in [0.1, 0.15) is 11.5 Å². The fraction of sp³-hybridized carbons (Fsp3) is 0.435. The second-order valence-corrected chi connectivity index (χ2v) is 6.56. The van der Waals surface area contributed by atoms with Crippen molar-refractivity contribution in [2.45, 2.75) is 52.4 Å². The third-order valence-electron chi connectivity index (χ3n) is 4.28. The van der Waals surface area contributed by atoms with Crippen LogP contribution in [0.2, 0.25) is 0 Å². The molecule has 0 heterocycles. The van der Waals surface area contributed by atoms with Crippen LogP contribution in [0.5, 0.6) is 11.5 Å². The van der Waals surface area contributed by atoms with E-state index in [1.807, 2.05) is 42.5 Å². The third kappa shape index (κ3) is 6.97. The Morgan fingerprint density at radius 2 is 1.41 bits per heavy atom. The molecule has 0 aliphatic heterocycles. The molecule has 0 bridgehead atoms. The van der Waals surface area contributed by atoms with Crippen molar-refractivity contribution in [1.82, 2.24) is 0 Å². The topological polar surface area (TPSA) is 47.6 Å². The highest BCUT2D eigenvalue weighted by atomic mass is 16.5. The van der Waals surface area contributed by atoms with Crippen molar-refractivity contribution in [2.24, 2.45) is 0 Å². The van der Waals surface area contributed by atoms with Crippen LogP contribution in [-0.4, -0.2) is 19.1 Å². The molecule has 0 aliphatic carbocycles. The van der Waals surface area contributed by atoms with Crippen LogP contribution in [-0.2, 0) is 0 Å². The van der Waals surface area contributed by atoms with Crippen molar-refractivity contribution in [2.75, 3.05) is 18.5 Å². The van der Waals surface area contributed by atoms with E-state index in [0.717, 1.165) is 25.7 Å². The summed E-state index contributed by atoms with van der Waals surface area (Å²) >= 11 is 0. The molecule has 146 valence electrons. The molecule has 2 aromatic carbocycles. The van der Waals surface area contributed by atoms with E-state index in [1.165, 1.54) is 12.8 Å². The minimum atomic E-state index is -0.189. The molecule has 2 rings (SSSR count). The summed E-state index contributed by atoms with van der Waals surface area (Å²) < 4.78 is 11.7. The molecule has 0 saturated heterocycles. The summed E-state index contributed by atoms with van der Waals surface area (Å²) in [6.07, 6.45) is 6.60. The number of carbonyl (C=O) groups excluding carboxylic acids is 1. The minimum absolute atomic E-state index is 0.189. The standard InChI is InChI=1S/C23H31NO3/c1-3-5-7-12-18-26-21-15-10-8-13-19(21)23(25)24-20-14-9-11-16-22(20)27-17-6-4-2/h8-11,13-16H,3-7,12,17-18H2,1-2H3,(H,24,25). The van der Waals surface area contributed by atoms with Gasteiger partial charge in [0.2, 0.25) is 0 Å². The number of nitrogens with one attached hydrogen (secondary N) is 1. The van der Waals surface area contributed by atoms with Crippen molar-refractivity contribution in [3.05, 3.63) is 54.1 Å². The van der Waals surface area contributed by atoms with Gasteiger partial charge in [-0.1, -0.05) is 63.8 Å². The summed E-state index contributed by atoms with van der Waals surface area (Å²) in [7, 11) is 0. The maximum absolute atomic E-state index is 12.8. The molecule has 4 nitrogen and oxygen atoms in total. The summed E-state index contributed by atoms with van der Waals surface area (Å²) in [6.45, 7) is 5.57. The maximum atomic E-state index is 12.8. The number of rotatable bonds is 12. The molecular weight excluding hydrogens is 338 g/mol. The van der Waals surface area contributed by atoms with Crippen LogP contribution in [0.3, 0.4) is 0 Å². The SMILES string of the molecule is CCCCCCOc1ccccc1C(=O)Nc1ccccc1OCCCC. The predicted octanol–water partition coefficient (Wildman–Crippen LogP) is 6.08. The van der Waals surface area contributed by atoms with E-state index >= 15 is 0 Å². The average Bonchev–Trinajstić information content (AvgIpc) is 2.69. The first-order valence-electron chi connectivity index (χ1n) is 10.0. The molecule has 0 fully saturated rings. The number of amides is 1. The molecule has 0 atom stereocenters. The molecule has 0 radical (unpaired) electrons. The Kier molecular flexibility index (Phi) is 9.25. The first-order chi connectivity index (χ1) is 13.3. The van der Waals surface area contributed by atoms with Gasteiger partial charge in [-0.25, -0.2) is 0 Å². The number of hydrogen-bond acceptors (Lipinski definition) is 3. The number of para-hydroxylation sites is 3. The van der Waals surface area contributed by atoms with Gasteiger partial charge in [-0.05, 0) is 37.1 Å². The van der Waals surface area contributed by atoms with E-state index < -0.39 is 0 Å². The minimum Gasteiger partial charge on any atom is -0.493 e. The van der Waals surface area contributed by atoms with Crippen LogP contribution in [0.4, 0.5) is 5.69 Å². The van der Waals surface area contributed by atoms with E-state index in [9.17, 15) is 4.79 Å². The average molecular weight is 370 g/mol. The highest BCUT2D eigenvalue weighted by Gasteiger charge is 2.14. The van der Waals surface area contributed by atoms with Crippen molar-refractivity contribution in [3.8, 4) is 11.5 Å². The van der Waals surface area contributed by atoms with Crippen LogP contribution >= 0.6 is 0 Å². The summed E-state index contributed by atoms with van der Waals surface area (Å²) in [4.78, 5) is 12.8. The first kappa shape index (κ1) is 20.8. The molecule has 0 aromatic heterocycles. The van der Waals surface area contributed by atoms with Crippen LogP contribution in [0.25, 0.3) is 0 Å². The van der Waals surface area contributed by atoms with Gasteiger partial charge >= 0.3 is 0 Å². The van der Waals surface area contributed by atoms with E-state index in [2.05, 4.69) is 19.2 Å². The number of benzene rings is 2. The molecule has 1 amide bonds. The Bertz CT molecular complexity index is 700. The molecule has 4 heteroatoms. The monoisotopic (exact) mass is 369 g/mol. The second kappa shape index (κ2) is 12.0. The number of unbranched alkanes of at least 4 members (excludes halogenated alkanes) is 4. The van der Waals surface area contributed by atoms with Crippen LogP contribution in [0.1, 0.15) is 62.7 Å². The van der Waals surface area contributed by atoms with Gasteiger partial charge in [-0.2, -0.15) is 0 Å². The number of ether oxygens (including phenoxy) is 2. The van der Waals surface area contributed by atoms with Crippen molar-refractivity contribution < 1.29 is 14.3 Å². The van der Waals surface area contributed by atoms with Crippen LogP contribution < -0.4 is 14.8 Å². The number of hydrogen-bond donors (Lipinski definition) is 1. The lowest BCUT2D eigenvalue weighted by atomic mass is 10.1. The van der Waals surface area contributed by atoms with E-state index in [0.29, 0.717) is 36.0 Å². The lowest BCUT2D eigenvalue weighted by Gasteiger charge is -2.14. The Hall–Kier alpha value is -2.49. The Morgan fingerprint density at radius 3 is 2.19 bits per heavy atom. The van der Waals surface area contributed by atoms with E-state index in [1.54, 1.807) is 6.07 Å². The van der Waals surface area contributed by atoms with Crippen molar-refractivity contribution in [1.29, 1.82) is 0 Å². The quantitative estimate of drug-likeness (QED) is 0.461. The summed E-state index contributed by atoms with van der Waals surface area (Å²) in [6, 6.07) is 14.9. The smallest absolute Gasteiger partial charge is 0.259 e. The van der Waals surface area contributed by atoms with Gasteiger partial charge in [0.25, 0.3) is 5.91 Å². The normalized spacial score (nSPS) is 10.4. The highest BCUT2D eigenvalue weighted by Crippen LogP contribution is 2.26. The Morgan fingerprint density at radius 1 is 0.778 bits per heavy atom. The Balaban J connectivity index is 2.02.